The predicted octanol–water partition coefficient (Wildman–Crippen LogP) is 3.71. The molecule has 1 saturated carbocycles. The molecule has 2 fully saturated rings. The maximum atomic E-state index is 12.3. The Morgan fingerprint density at radius 1 is 1.13 bits per heavy atom. The Kier molecular flexibility index (Phi) is 2.88. The largest absolute Gasteiger partial charge is 0.344 e. The highest BCUT2D eigenvalue weighted by atomic mass is 16.7. The standard InChI is InChI=1S/C20H24O3/c1-19-8-6-15-14-7-9-20(22-10-11-23-20)12-13(14)2-3-16(15)17(19)4-5-18(19)21/h6,8,12,16-17H,2-5,7,9-11H2,1H3/t16-,17+,19+/m1/s1. The Hall–Kier alpha value is -1.19. The van der Waals surface area contributed by atoms with Crippen LogP contribution in [0.4, 0.5) is 0 Å². The van der Waals surface area contributed by atoms with Crippen LogP contribution in [0.15, 0.2) is 34.9 Å². The third kappa shape index (κ3) is 1.87. The maximum absolute atomic E-state index is 12.3. The van der Waals surface area contributed by atoms with Crippen LogP contribution >= 0.6 is 0 Å². The summed E-state index contributed by atoms with van der Waals surface area (Å²) in [5.74, 6) is 1.09. The lowest BCUT2D eigenvalue weighted by molar-refractivity contribution is -0.124. The maximum Gasteiger partial charge on any atom is 0.188 e. The van der Waals surface area contributed by atoms with Gasteiger partial charge in [-0.3, -0.25) is 4.79 Å². The predicted molar refractivity (Wildman–Crippen MR) is 86.7 cm³/mol. The lowest BCUT2D eigenvalue weighted by atomic mass is 9.61. The average molecular weight is 312 g/mol. The zero-order chi connectivity index (χ0) is 15.7. The third-order valence-electron chi connectivity index (χ3n) is 6.90. The third-order valence-corrected chi connectivity index (χ3v) is 6.90. The van der Waals surface area contributed by atoms with E-state index in [1.807, 2.05) is 0 Å². The van der Waals surface area contributed by atoms with Crippen LogP contribution in [0.25, 0.3) is 0 Å². The lowest BCUT2D eigenvalue weighted by Gasteiger charge is -2.44. The zero-order valence-electron chi connectivity index (χ0n) is 13.8. The van der Waals surface area contributed by atoms with Crippen LogP contribution in [0.1, 0.15) is 45.4 Å². The summed E-state index contributed by atoms with van der Waals surface area (Å²) in [4.78, 5) is 12.3. The fourth-order valence-corrected chi connectivity index (χ4v) is 5.63. The summed E-state index contributed by atoms with van der Waals surface area (Å²) in [7, 11) is 0. The first-order valence-electron chi connectivity index (χ1n) is 9.07. The molecular weight excluding hydrogens is 288 g/mol. The molecule has 0 amide bonds. The van der Waals surface area contributed by atoms with E-state index in [-0.39, 0.29) is 5.41 Å². The normalized spacial score (nSPS) is 40.9. The fourth-order valence-electron chi connectivity index (χ4n) is 5.63. The molecule has 0 radical (unpaired) electrons. The van der Waals surface area contributed by atoms with Crippen molar-refractivity contribution >= 4 is 5.78 Å². The highest BCUT2D eigenvalue weighted by Gasteiger charge is 2.51. The Morgan fingerprint density at radius 3 is 2.78 bits per heavy atom. The van der Waals surface area contributed by atoms with Crippen molar-refractivity contribution in [3.8, 4) is 0 Å². The minimum atomic E-state index is -0.442. The van der Waals surface area contributed by atoms with E-state index in [1.165, 1.54) is 23.1 Å². The van der Waals surface area contributed by atoms with Gasteiger partial charge < -0.3 is 9.47 Å². The van der Waals surface area contributed by atoms with Gasteiger partial charge in [-0.15, -0.1) is 0 Å². The first kappa shape index (κ1) is 14.2. The zero-order valence-corrected chi connectivity index (χ0v) is 13.8. The number of hydrogen-bond acceptors (Lipinski definition) is 3. The van der Waals surface area contributed by atoms with Crippen LogP contribution in [0.5, 0.6) is 0 Å². The van der Waals surface area contributed by atoms with E-state index in [9.17, 15) is 4.79 Å². The molecule has 0 unspecified atom stereocenters. The molecule has 1 heterocycles. The summed E-state index contributed by atoms with van der Waals surface area (Å²) in [5.41, 5.74) is 4.25. The summed E-state index contributed by atoms with van der Waals surface area (Å²) in [5, 5.41) is 0. The number of carbonyl (C=O) groups excluding carboxylic acids is 1. The van der Waals surface area contributed by atoms with E-state index >= 15 is 0 Å². The van der Waals surface area contributed by atoms with Crippen molar-refractivity contribution in [3.05, 3.63) is 34.9 Å². The molecule has 1 saturated heterocycles. The Bertz CT molecular complexity index is 662. The quantitative estimate of drug-likeness (QED) is 0.684. The molecule has 4 aliphatic carbocycles. The Balaban J connectivity index is 1.57. The van der Waals surface area contributed by atoms with Crippen molar-refractivity contribution in [1.29, 1.82) is 0 Å². The van der Waals surface area contributed by atoms with Gasteiger partial charge in [-0.2, -0.15) is 0 Å². The number of carbonyl (C=O) groups is 1. The molecule has 0 aromatic carbocycles. The van der Waals surface area contributed by atoms with Crippen molar-refractivity contribution in [2.24, 2.45) is 17.3 Å². The number of rotatable bonds is 0. The Labute approximate surface area is 137 Å². The van der Waals surface area contributed by atoms with Gasteiger partial charge >= 0.3 is 0 Å². The van der Waals surface area contributed by atoms with E-state index in [1.54, 1.807) is 0 Å². The summed E-state index contributed by atoms with van der Waals surface area (Å²) < 4.78 is 11.8. The average Bonchev–Trinajstić information content (AvgIpc) is 3.12. The molecule has 0 aromatic rings. The number of ketones is 1. The summed E-state index contributed by atoms with van der Waals surface area (Å²) >= 11 is 0. The van der Waals surface area contributed by atoms with E-state index in [2.05, 4.69) is 25.2 Å². The first-order valence-corrected chi connectivity index (χ1v) is 9.07. The molecule has 122 valence electrons. The number of hydrogen-bond donors (Lipinski definition) is 0. The molecule has 0 aromatic heterocycles. The van der Waals surface area contributed by atoms with E-state index in [4.69, 9.17) is 9.47 Å². The van der Waals surface area contributed by atoms with Crippen molar-refractivity contribution in [3.63, 3.8) is 0 Å². The molecule has 3 atom stereocenters. The van der Waals surface area contributed by atoms with Gasteiger partial charge in [0.05, 0.1) is 13.2 Å². The lowest BCUT2D eigenvalue weighted by Crippen LogP contribution is -2.38. The van der Waals surface area contributed by atoms with Gasteiger partial charge in [0.25, 0.3) is 0 Å². The smallest absolute Gasteiger partial charge is 0.188 e. The summed E-state index contributed by atoms with van der Waals surface area (Å²) in [6.45, 7) is 3.58. The van der Waals surface area contributed by atoms with Crippen LogP contribution < -0.4 is 0 Å². The minimum absolute atomic E-state index is 0.205. The number of allylic oxidation sites excluding steroid dienone is 5. The van der Waals surface area contributed by atoms with E-state index in [0.717, 1.165) is 32.1 Å². The molecule has 5 rings (SSSR count). The van der Waals surface area contributed by atoms with Gasteiger partial charge in [-0.05, 0) is 67.2 Å². The van der Waals surface area contributed by atoms with Crippen molar-refractivity contribution in [2.75, 3.05) is 13.2 Å². The fraction of sp³-hybridized carbons (Fsp3) is 0.650. The molecule has 23 heavy (non-hydrogen) atoms. The Morgan fingerprint density at radius 2 is 1.96 bits per heavy atom. The molecule has 1 aliphatic heterocycles. The molecule has 5 aliphatic rings. The molecular formula is C20H24O3. The van der Waals surface area contributed by atoms with Gasteiger partial charge in [0.1, 0.15) is 5.78 Å². The first-order chi connectivity index (χ1) is 11.1. The second-order valence-electron chi connectivity index (χ2n) is 7.94. The van der Waals surface area contributed by atoms with Gasteiger partial charge in [-0.1, -0.05) is 12.2 Å². The molecule has 3 heteroatoms. The van der Waals surface area contributed by atoms with E-state index < -0.39 is 5.79 Å². The molecule has 3 nitrogen and oxygen atoms in total. The number of Topliss-reactive ketones (excluding diaryl/α,β-unsaturated/α-hetero) is 1. The van der Waals surface area contributed by atoms with Crippen LogP contribution in [0.3, 0.4) is 0 Å². The van der Waals surface area contributed by atoms with Crippen LogP contribution in [0, 0.1) is 17.3 Å². The van der Waals surface area contributed by atoms with Crippen molar-refractivity contribution < 1.29 is 14.3 Å². The van der Waals surface area contributed by atoms with Crippen LogP contribution in [-0.2, 0) is 14.3 Å². The van der Waals surface area contributed by atoms with Crippen molar-refractivity contribution in [1.82, 2.24) is 0 Å². The monoisotopic (exact) mass is 312 g/mol. The van der Waals surface area contributed by atoms with E-state index in [0.29, 0.717) is 30.8 Å². The van der Waals surface area contributed by atoms with Gasteiger partial charge in [0.15, 0.2) is 5.79 Å². The summed E-state index contributed by atoms with van der Waals surface area (Å²) in [6.07, 6.45) is 12.8. The van der Waals surface area contributed by atoms with Crippen molar-refractivity contribution in [2.45, 2.75) is 51.2 Å². The summed E-state index contributed by atoms with van der Waals surface area (Å²) in [6, 6.07) is 0. The second-order valence-corrected chi connectivity index (χ2v) is 7.94. The second kappa shape index (κ2) is 4.67. The highest BCUT2D eigenvalue weighted by molar-refractivity contribution is 5.89. The van der Waals surface area contributed by atoms with Gasteiger partial charge in [-0.25, -0.2) is 0 Å². The number of ether oxygens (including phenoxy) is 2. The van der Waals surface area contributed by atoms with Gasteiger partial charge in [0, 0.05) is 18.3 Å². The van der Waals surface area contributed by atoms with Gasteiger partial charge in [0.2, 0.25) is 0 Å². The van der Waals surface area contributed by atoms with Crippen LogP contribution in [0.2, 0.25) is 0 Å². The molecule has 0 N–H and O–H groups in total. The molecule has 1 spiro atoms. The minimum Gasteiger partial charge on any atom is -0.344 e. The SMILES string of the molecule is C[C@]12C=CC3=C4CCC5(C=C4CC[C@H]3[C@@H]1CCC2=O)OCCO5. The molecule has 0 bridgehead atoms. The van der Waals surface area contributed by atoms with Crippen LogP contribution in [-0.4, -0.2) is 24.8 Å². The number of fused-ring (bicyclic) bond motifs is 4. The topological polar surface area (TPSA) is 35.5 Å². The highest BCUT2D eigenvalue weighted by Crippen LogP contribution is 2.56.